The van der Waals surface area contributed by atoms with Crippen molar-refractivity contribution in [3.8, 4) is 11.8 Å². The summed E-state index contributed by atoms with van der Waals surface area (Å²) in [6, 6.07) is 14.4. The molecule has 0 heterocycles. The van der Waals surface area contributed by atoms with Crippen LogP contribution in [0.4, 0.5) is 0 Å². The maximum Gasteiger partial charge on any atom is 0.275 e. The van der Waals surface area contributed by atoms with Crippen LogP contribution in [0.15, 0.2) is 53.4 Å². The molecule has 2 aromatic rings. The van der Waals surface area contributed by atoms with Crippen LogP contribution in [0.2, 0.25) is 0 Å². The van der Waals surface area contributed by atoms with Crippen molar-refractivity contribution in [1.82, 2.24) is 10.3 Å². The maximum atomic E-state index is 12.1. The van der Waals surface area contributed by atoms with E-state index < -0.39 is 22.0 Å². The van der Waals surface area contributed by atoms with Gasteiger partial charge < -0.3 is 4.74 Å². The minimum absolute atomic E-state index is 0.0408. The van der Waals surface area contributed by atoms with Crippen molar-refractivity contribution in [3.63, 3.8) is 0 Å². The summed E-state index contributed by atoms with van der Waals surface area (Å²) in [4.78, 5) is 14.1. The summed E-state index contributed by atoms with van der Waals surface area (Å²) < 4.78 is 29.6. The monoisotopic (exact) mass is 359 g/mol. The molecule has 0 fully saturated rings. The number of benzene rings is 2. The van der Waals surface area contributed by atoms with Crippen molar-refractivity contribution in [2.75, 3.05) is 0 Å². The number of rotatable bonds is 6. The van der Waals surface area contributed by atoms with E-state index in [-0.39, 0.29) is 4.90 Å². The lowest BCUT2D eigenvalue weighted by Gasteiger charge is -2.15. The summed E-state index contributed by atoms with van der Waals surface area (Å²) >= 11 is 0. The van der Waals surface area contributed by atoms with E-state index in [9.17, 15) is 13.2 Å². The van der Waals surface area contributed by atoms with Gasteiger partial charge in [-0.1, -0.05) is 17.7 Å². The number of ether oxygens (including phenoxy) is 1. The van der Waals surface area contributed by atoms with Gasteiger partial charge in [0.1, 0.15) is 5.75 Å². The molecule has 130 valence electrons. The fraction of sp³-hybridized carbons (Fsp3) is 0.176. The molecule has 0 bridgehead atoms. The van der Waals surface area contributed by atoms with Crippen LogP contribution in [0.5, 0.6) is 5.75 Å². The van der Waals surface area contributed by atoms with Gasteiger partial charge in [-0.15, -0.1) is 4.83 Å². The third-order valence-electron chi connectivity index (χ3n) is 3.31. The molecule has 0 aromatic heterocycles. The second kappa shape index (κ2) is 7.79. The van der Waals surface area contributed by atoms with E-state index in [0.29, 0.717) is 11.3 Å². The van der Waals surface area contributed by atoms with Gasteiger partial charge >= 0.3 is 0 Å². The topological polar surface area (TPSA) is 108 Å². The maximum absolute atomic E-state index is 12.1. The third-order valence-corrected chi connectivity index (χ3v) is 4.57. The molecule has 7 nitrogen and oxygen atoms in total. The highest BCUT2D eigenvalue weighted by atomic mass is 32.2. The largest absolute Gasteiger partial charge is 0.481 e. The molecule has 1 amide bonds. The normalized spacial score (nSPS) is 12.0. The van der Waals surface area contributed by atoms with Crippen molar-refractivity contribution in [1.29, 1.82) is 5.26 Å². The van der Waals surface area contributed by atoms with Crippen molar-refractivity contribution >= 4 is 15.9 Å². The molecule has 0 saturated carbocycles. The number of carbonyl (C=O) groups excluding carboxylic acids is 1. The highest BCUT2D eigenvalue weighted by Crippen LogP contribution is 2.13. The molecule has 8 heteroatoms. The Labute approximate surface area is 146 Å². The Hall–Kier alpha value is -2.89. The molecular formula is C17H17N3O4S. The second-order valence-corrected chi connectivity index (χ2v) is 6.99. The predicted molar refractivity (Wildman–Crippen MR) is 90.9 cm³/mol. The predicted octanol–water partition coefficient (Wildman–Crippen LogP) is 1.64. The van der Waals surface area contributed by atoms with Crippen molar-refractivity contribution < 1.29 is 17.9 Å². The molecular weight excluding hydrogens is 342 g/mol. The number of nitrogens with one attached hydrogen (secondary N) is 2. The summed E-state index contributed by atoms with van der Waals surface area (Å²) in [5, 5.41) is 8.73. The van der Waals surface area contributed by atoms with Crippen LogP contribution in [-0.2, 0) is 14.8 Å². The molecule has 0 aliphatic heterocycles. The van der Waals surface area contributed by atoms with Gasteiger partial charge in [0.05, 0.1) is 16.5 Å². The molecule has 0 saturated heterocycles. The Morgan fingerprint density at radius 1 is 1.12 bits per heavy atom. The lowest BCUT2D eigenvalue weighted by atomic mass is 10.2. The van der Waals surface area contributed by atoms with Crippen LogP contribution in [0.1, 0.15) is 18.1 Å². The zero-order chi connectivity index (χ0) is 18.4. The van der Waals surface area contributed by atoms with Gasteiger partial charge in [-0.25, -0.2) is 8.42 Å². The number of hydrogen-bond donors (Lipinski definition) is 2. The number of amides is 1. The summed E-state index contributed by atoms with van der Waals surface area (Å²) in [5.41, 5.74) is 3.52. The van der Waals surface area contributed by atoms with Gasteiger partial charge in [0, 0.05) is 0 Å². The first kappa shape index (κ1) is 18.4. The van der Waals surface area contributed by atoms with Crippen molar-refractivity contribution in [2.45, 2.75) is 24.8 Å². The molecule has 1 atom stereocenters. The molecule has 2 rings (SSSR count). The van der Waals surface area contributed by atoms with Crippen LogP contribution in [0.3, 0.4) is 0 Å². The quantitative estimate of drug-likeness (QED) is 0.762. The standard InChI is InChI=1S/C17H17N3O4S/c1-12-3-9-16(10-4-12)25(22,23)20-19-17(21)13(2)24-15-7-5-14(11-18)6-8-15/h3-10,13,20H,1-2H3,(H,19,21)/t13-/m0/s1. The fourth-order valence-electron chi connectivity index (χ4n) is 1.86. The first-order valence-electron chi connectivity index (χ1n) is 7.37. The number of nitrogens with zero attached hydrogens (tertiary/aromatic N) is 1. The van der Waals surface area contributed by atoms with E-state index in [1.54, 1.807) is 36.4 Å². The molecule has 0 radical (unpaired) electrons. The highest BCUT2D eigenvalue weighted by molar-refractivity contribution is 7.89. The van der Waals surface area contributed by atoms with E-state index in [1.807, 2.05) is 17.8 Å². The third kappa shape index (κ3) is 5.04. The van der Waals surface area contributed by atoms with Gasteiger partial charge in [-0.05, 0) is 50.2 Å². The zero-order valence-electron chi connectivity index (χ0n) is 13.7. The molecule has 25 heavy (non-hydrogen) atoms. The minimum Gasteiger partial charge on any atom is -0.481 e. The highest BCUT2D eigenvalue weighted by Gasteiger charge is 2.19. The first-order valence-corrected chi connectivity index (χ1v) is 8.85. The number of aryl methyl sites for hydroxylation is 1. The van der Waals surface area contributed by atoms with Crippen molar-refractivity contribution in [3.05, 3.63) is 59.7 Å². The average Bonchev–Trinajstić information content (AvgIpc) is 2.60. The molecule has 2 aromatic carbocycles. The van der Waals surface area contributed by atoms with Crippen LogP contribution in [-0.4, -0.2) is 20.4 Å². The number of hydrazine groups is 1. The number of carbonyl (C=O) groups is 1. The van der Waals surface area contributed by atoms with Gasteiger partial charge in [-0.3, -0.25) is 10.2 Å². The molecule has 0 aliphatic carbocycles. The summed E-state index contributed by atoms with van der Waals surface area (Å²) in [5.74, 6) is -0.261. The second-order valence-electron chi connectivity index (χ2n) is 5.30. The van der Waals surface area contributed by atoms with Crippen LogP contribution in [0, 0.1) is 18.3 Å². The Morgan fingerprint density at radius 2 is 1.72 bits per heavy atom. The summed E-state index contributed by atoms with van der Waals surface area (Å²) in [6.45, 7) is 3.32. The smallest absolute Gasteiger partial charge is 0.275 e. The van der Waals surface area contributed by atoms with E-state index >= 15 is 0 Å². The average molecular weight is 359 g/mol. The number of sulfonamides is 1. The van der Waals surface area contributed by atoms with E-state index in [0.717, 1.165) is 5.56 Å². The molecule has 0 aliphatic rings. The van der Waals surface area contributed by atoms with Gasteiger partial charge in [-0.2, -0.15) is 5.26 Å². The lowest BCUT2D eigenvalue weighted by molar-refractivity contribution is -0.127. The molecule has 2 N–H and O–H groups in total. The zero-order valence-corrected chi connectivity index (χ0v) is 14.5. The number of hydrogen-bond acceptors (Lipinski definition) is 5. The minimum atomic E-state index is -3.86. The van der Waals surface area contributed by atoms with Gasteiger partial charge in [0.15, 0.2) is 6.10 Å². The Kier molecular flexibility index (Phi) is 5.75. The number of nitriles is 1. The summed E-state index contributed by atoms with van der Waals surface area (Å²) in [6.07, 6.45) is -0.936. The Bertz CT molecular complexity index is 885. The first-order chi connectivity index (χ1) is 11.8. The Morgan fingerprint density at radius 3 is 2.28 bits per heavy atom. The van der Waals surface area contributed by atoms with Gasteiger partial charge in [0.2, 0.25) is 0 Å². The van der Waals surface area contributed by atoms with Crippen LogP contribution >= 0.6 is 0 Å². The van der Waals surface area contributed by atoms with Crippen LogP contribution < -0.4 is 15.0 Å². The molecule has 0 spiro atoms. The Balaban J connectivity index is 1.94. The fourth-order valence-corrected chi connectivity index (χ4v) is 2.71. The molecule has 0 unspecified atom stereocenters. The van der Waals surface area contributed by atoms with Gasteiger partial charge in [0.25, 0.3) is 15.9 Å². The van der Waals surface area contributed by atoms with Crippen LogP contribution in [0.25, 0.3) is 0 Å². The van der Waals surface area contributed by atoms with E-state index in [1.165, 1.54) is 19.1 Å². The summed E-state index contributed by atoms with van der Waals surface area (Å²) in [7, 11) is -3.86. The van der Waals surface area contributed by atoms with E-state index in [2.05, 4.69) is 5.43 Å². The van der Waals surface area contributed by atoms with Crippen molar-refractivity contribution in [2.24, 2.45) is 0 Å². The van der Waals surface area contributed by atoms with E-state index in [4.69, 9.17) is 10.00 Å². The SMILES string of the molecule is Cc1ccc(S(=O)(=O)NNC(=O)[C@H](C)Oc2ccc(C#N)cc2)cc1. The lowest BCUT2D eigenvalue weighted by Crippen LogP contribution is -2.47.